The van der Waals surface area contributed by atoms with Gasteiger partial charge in [-0.25, -0.2) is 4.79 Å². The molecule has 148 valence electrons. The van der Waals surface area contributed by atoms with E-state index in [4.69, 9.17) is 11.0 Å². The van der Waals surface area contributed by atoms with Gasteiger partial charge >= 0.3 is 5.69 Å². The lowest BCUT2D eigenvalue weighted by molar-refractivity contribution is -0.115. The van der Waals surface area contributed by atoms with Gasteiger partial charge in [-0.2, -0.15) is 5.26 Å². The molecule has 1 aromatic heterocycles. The van der Waals surface area contributed by atoms with Gasteiger partial charge in [-0.3, -0.25) is 19.1 Å². The molecular formula is C19H24N6O3. The van der Waals surface area contributed by atoms with Crippen LogP contribution in [0.4, 0.5) is 17.2 Å². The molecule has 4 N–H and O–H groups in total. The molecule has 0 saturated heterocycles. The molecule has 0 atom stereocenters. The molecule has 9 nitrogen and oxygen atoms in total. The normalized spacial score (nSPS) is 10.3. The van der Waals surface area contributed by atoms with Crippen molar-refractivity contribution in [3.8, 4) is 6.07 Å². The number of hydrogen-bond acceptors (Lipinski definition) is 6. The Balaban J connectivity index is 2.30. The van der Waals surface area contributed by atoms with Gasteiger partial charge in [0.1, 0.15) is 17.6 Å². The SMILES string of the molecule is CCCCn1c(N)c(N(CC)CC(=O)Nc2ccccc2C#N)c(=O)[nH]c1=O. The number of nitrogens with one attached hydrogen (secondary N) is 2. The lowest BCUT2D eigenvalue weighted by Crippen LogP contribution is -2.41. The first kappa shape index (κ1) is 20.8. The van der Waals surface area contributed by atoms with E-state index in [9.17, 15) is 14.4 Å². The van der Waals surface area contributed by atoms with Gasteiger partial charge in [-0.05, 0) is 25.5 Å². The summed E-state index contributed by atoms with van der Waals surface area (Å²) >= 11 is 0. The molecule has 0 aliphatic heterocycles. The largest absolute Gasteiger partial charge is 0.383 e. The highest BCUT2D eigenvalue weighted by atomic mass is 16.2. The Kier molecular flexibility index (Phi) is 6.98. The van der Waals surface area contributed by atoms with Crippen LogP contribution in [0.2, 0.25) is 0 Å². The van der Waals surface area contributed by atoms with Crippen molar-refractivity contribution in [1.29, 1.82) is 5.26 Å². The van der Waals surface area contributed by atoms with Gasteiger partial charge in [-0.15, -0.1) is 0 Å². The summed E-state index contributed by atoms with van der Waals surface area (Å²) in [4.78, 5) is 40.7. The predicted molar refractivity (Wildman–Crippen MR) is 108 cm³/mol. The van der Waals surface area contributed by atoms with Gasteiger partial charge in [0.25, 0.3) is 5.56 Å². The number of aromatic nitrogens is 2. The summed E-state index contributed by atoms with van der Waals surface area (Å²) in [6.07, 6.45) is 1.59. The number of unbranched alkanes of at least 4 members (excludes halogenated alkanes) is 1. The molecule has 1 aromatic carbocycles. The van der Waals surface area contributed by atoms with Crippen LogP contribution >= 0.6 is 0 Å². The lowest BCUT2D eigenvalue weighted by atomic mass is 10.2. The minimum atomic E-state index is -0.637. The van der Waals surface area contributed by atoms with Crippen molar-refractivity contribution in [3.05, 3.63) is 50.7 Å². The van der Waals surface area contributed by atoms with Crippen LogP contribution in [0.5, 0.6) is 0 Å². The number of aromatic amines is 1. The molecule has 0 spiro atoms. The maximum Gasteiger partial charge on any atom is 0.330 e. The van der Waals surface area contributed by atoms with E-state index in [1.54, 1.807) is 31.2 Å². The number of carbonyl (C=O) groups is 1. The number of nitrogen functional groups attached to an aromatic ring is 1. The quantitative estimate of drug-likeness (QED) is 0.626. The van der Waals surface area contributed by atoms with Crippen LogP contribution in [0, 0.1) is 11.3 Å². The first-order valence-electron chi connectivity index (χ1n) is 9.09. The minimum absolute atomic E-state index is 0.0364. The van der Waals surface area contributed by atoms with Gasteiger partial charge in [-0.1, -0.05) is 25.5 Å². The molecule has 0 fully saturated rings. The van der Waals surface area contributed by atoms with E-state index in [1.165, 1.54) is 9.47 Å². The second kappa shape index (κ2) is 9.41. The van der Waals surface area contributed by atoms with E-state index in [0.29, 0.717) is 24.3 Å². The number of hydrogen-bond donors (Lipinski definition) is 3. The predicted octanol–water partition coefficient (Wildman–Crippen LogP) is 1.26. The van der Waals surface area contributed by atoms with Crippen molar-refractivity contribution in [3.63, 3.8) is 0 Å². The van der Waals surface area contributed by atoms with Gasteiger partial charge in [0.05, 0.1) is 17.8 Å². The highest BCUT2D eigenvalue weighted by Gasteiger charge is 2.20. The summed E-state index contributed by atoms with van der Waals surface area (Å²) in [6.45, 7) is 4.30. The van der Waals surface area contributed by atoms with Crippen LogP contribution in [-0.4, -0.2) is 28.5 Å². The van der Waals surface area contributed by atoms with E-state index in [1.807, 2.05) is 13.0 Å². The third kappa shape index (κ3) is 4.59. The fraction of sp³-hybridized carbons (Fsp3) is 0.368. The summed E-state index contributed by atoms with van der Waals surface area (Å²) in [5, 5.41) is 11.8. The van der Waals surface area contributed by atoms with Crippen molar-refractivity contribution in [2.24, 2.45) is 0 Å². The van der Waals surface area contributed by atoms with Crippen LogP contribution in [-0.2, 0) is 11.3 Å². The van der Waals surface area contributed by atoms with Crippen molar-refractivity contribution in [1.82, 2.24) is 9.55 Å². The highest BCUT2D eigenvalue weighted by molar-refractivity contribution is 5.95. The first-order valence-corrected chi connectivity index (χ1v) is 9.09. The Labute approximate surface area is 162 Å². The third-order valence-electron chi connectivity index (χ3n) is 4.30. The van der Waals surface area contributed by atoms with Crippen molar-refractivity contribution >= 4 is 23.1 Å². The minimum Gasteiger partial charge on any atom is -0.383 e. The number of nitriles is 1. The monoisotopic (exact) mass is 384 g/mol. The second-order valence-corrected chi connectivity index (χ2v) is 6.22. The molecular weight excluding hydrogens is 360 g/mol. The van der Waals surface area contributed by atoms with Crippen LogP contribution in [0.15, 0.2) is 33.9 Å². The lowest BCUT2D eigenvalue weighted by Gasteiger charge is -2.24. The number of nitrogens with two attached hydrogens (primary N) is 1. The molecule has 0 aliphatic rings. The standard InChI is InChI=1S/C19H24N6O3/c1-3-5-10-25-17(21)16(18(27)23-19(25)28)24(4-2)12-15(26)22-14-9-7-6-8-13(14)11-20/h6-9H,3-5,10,12,21H2,1-2H3,(H,22,26)(H,23,27,28). The van der Waals surface area contributed by atoms with E-state index in [0.717, 1.165) is 12.8 Å². The van der Waals surface area contributed by atoms with Crippen molar-refractivity contribution in [2.45, 2.75) is 33.2 Å². The smallest absolute Gasteiger partial charge is 0.330 e. The summed E-state index contributed by atoms with van der Waals surface area (Å²) in [6, 6.07) is 8.64. The molecule has 0 radical (unpaired) electrons. The molecule has 28 heavy (non-hydrogen) atoms. The number of likely N-dealkylation sites (N-methyl/N-ethyl adjacent to an activating group) is 1. The molecule has 0 saturated carbocycles. The number of anilines is 3. The van der Waals surface area contributed by atoms with Gasteiger partial charge in [0.2, 0.25) is 5.91 Å². The number of rotatable bonds is 8. The van der Waals surface area contributed by atoms with E-state index in [-0.39, 0.29) is 18.1 Å². The Morgan fingerprint density at radius 3 is 2.68 bits per heavy atom. The van der Waals surface area contributed by atoms with E-state index >= 15 is 0 Å². The van der Waals surface area contributed by atoms with E-state index < -0.39 is 17.2 Å². The van der Waals surface area contributed by atoms with Crippen molar-refractivity contribution < 1.29 is 4.79 Å². The van der Waals surface area contributed by atoms with Crippen molar-refractivity contribution in [2.75, 3.05) is 29.0 Å². The van der Waals surface area contributed by atoms with Gasteiger partial charge in [0, 0.05) is 13.1 Å². The number of carbonyl (C=O) groups excluding carboxylic acids is 1. The zero-order chi connectivity index (χ0) is 20.7. The topological polar surface area (TPSA) is 137 Å². The molecule has 0 aliphatic carbocycles. The summed E-state index contributed by atoms with van der Waals surface area (Å²) in [5.74, 6) is -0.371. The average Bonchev–Trinajstić information content (AvgIpc) is 2.67. The Hall–Kier alpha value is -3.54. The number of H-pyrrole nitrogens is 1. The molecule has 9 heteroatoms. The van der Waals surface area contributed by atoms with Gasteiger partial charge < -0.3 is 16.0 Å². The second-order valence-electron chi connectivity index (χ2n) is 6.22. The van der Waals surface area contributed by atoms with E-state index in [2.05, 4.69) is 10.3 Å². The van der Waals surface area contributed by atoms with Crippen LogP contribution in [0.25, 0.3) is 0 Å². The molecule has 0 unspecified atom stereocenters. The molecule has 0 bridgehead atoms. The van der Waals surface area contributed by atoms with Gasteiger partial charge in [0.15, 0.2) is 0 Å². The number of amides is 1. The number of para-hydroxylation sites is 1. The Bertz CT molecular complexity index is 1000. The Morgan fingerprint density at radius 2 is 2.04 bits per heavy atom. The summed E-state index contributed by atoms with van der Waals surface area (Å²) in [7, 11) is 0. The molecule has 1 amide bonds. The maximum atomic E-state index is 12.5. The molecule has 2 rings (SSSR count). The zero-order valence-corrected chi connectivity index (χ0v) is 16.0. The fourth-order valence-electron chi connectivity index (χ4n) is 2.82. The third-order valence-corrected chi connectivity index (χ3v) is 4.30. The fourth-order valence-corrected chi connectivity index (χ4v) is 2.82. The van der Waals surface area contributed by atoms with Crippen LogP contribution < -0.4 is 27.2 Å². The number of nitrogens with zero attached hydrogens (tertiary/aromatic N) is 3. The Morgan fingerprint density at radius 1 is 1.32 bits per heavy atom. The first-order chi connectivity index (χ1) is 13.4. The highest BCUT2D eigenvalue weighted by Crippen LogP contribution is 2.18. The van der Waals surface area contributed by atoms with Crippen LogP contribution in [0.3, 0.4) is 0 Å². The summed E-state index contributed by atoms with van der Waals surface area (Å²) < 4.78 is 1.31. The summed E-state index contributed by atoms with van der Waals surface area (Å²) in [5.41, 5.74) is 5.71. The molecule has 1 heterocycles. The van der Waals surface area contributed by atoms with Crippen LogP contribution in [0.1, 0.15) is 32.3 Å². The zero-order valence-electron chi connectivity index (χ0n) is 16.0. The average molecular weight is 384 g/mol. The maximum absolute atomic E-state index is 12.5. The molecule has 2 aromatic rings. The number of benzene rings is 1.